The standard InChI is InChI=1S/C23H26ClN5O2.HI/c1-25-23(29-14-12-18(15-29)16-5-9-20(30-2)10-6-16)26-13-11-21-27-22(28-31-21)17-3-7-19(24)8-4-17;/h3-10,18H,11-15H2,1-2H3,(H,25,26);1H. The van der Waals surface area contributed by atoms with Crippen LogP contribution in [-0.2, 0) is 6.42 Å². The van der Waals surface area contributed by atoms with E-state index in [9.17, 15) is 0 Å². The molecule has 1 N–H and O–H groups in total. The first-order chi connectivity index (χ1) is 15.2. The number of methoxy groups -OCH3 is 1. The molecule has 0 spiro atoms. The SMILES string of the molecule is CN=C(NCCc1nc(-c2ccc(Cl)cc2)no1)N1CCC(c2ccc(OC)cc2)C1.I. The molecule has 1 aromatic heterocycles. The van der Waals surface area contributed by atoms with Gasteiger partial charge in [-0.15, -0.1) is 24.0 Å². The van der Waals surface area contributed by atoms with E-state index in [0.717, 1.165) is 36.8 Å². The normalized spacial score (nSPS) is 16.0. The molecule has 9 heteroatoms. The summed E-state index contributed by atoms with van der Waals surface area (Å²) in [5.41, 5.74) is 2.21. The van der Waals surface area contributed by atoms with Crippen molar-refractivity contribution in [2.24, 2.45) is 4.99 Å². The number of hydrogen-bond acceptors (Lipinski definition) is 5. The van der Waals surface area contributed by atoms with Crippen LogP contribution in [0.25, 0.3) is 11.4 Å². The molecule has 170 valence electrons. The fraction of sp³-hybridized carbons (Fsp3) is 0.348. The molecule has 1 fully saturated rings. The number of rotatable bonds is 6. The van der Waals surface area contributed by atoms with Crippen LogP contribution in [0.2, 0.25) is 5.02 Å². The topological polar surface area (TPSA) is 75.8 Å². The van der Waals surface area contributed by atoms with Gasteiger partial charge in [0.05, 0.1) is 7.11 Å². The second kappa shape index (κ2) is 11.5. The van der Waals surface area contributed by atoms with E-state index in [1.807, 2.05) is 43.4 Å². The number of nitrogens with one attached hydrogen (secondary N) is 1. The Morgan fingerprint density at radius 1 is 1.22 bits per heavy atom. The average Bonchev–Trinajstić information content (AvgIpc) is 3.48. The van der Waals surface area contributed by atoms with E-state index in [1.165, 1.54) is 5.56 Å². The Labute approximate surface area is 210 Å². The monoisotopic (exact) mass is 567 g/mol. The summed E-state index contributed by atoms with van der Waals surface area (Å²) in [5.74, 6) is 3.43. The van der Waals surface area contributed by atoms with E-state index >= 15 is 0 Å². The van der Waals surface area contributed by atoms with Gasteiger partial charge in [-0.25, -0.2) is 0 Å². The Bertz CT molecular complexity index is 1020. The summed E-state index contributed by atoms with van der Waals surface area (Å²) in [7, 11) is 3.50. The molecule has 0 radical (unpaired) electrons. The van der Waals surface area contributed by atoms with Gasteiger partial charge in [-0.1, -0.05) is 28.9 Å². The Hall–Kier alpha value is -2.33. The van der Waals surface area contributed by atoms with Crippen LogP contribution in [0.5, 0.6) is 5.75 Å². The number of halogens is 2. The molecule has 32 heavy (non-hydrogen) atoms. The number of aliphatic imine (C=N–C) groups is 1. The number of nitrogens with zero attached hydrogens (tertiary/aromatic N) is 4. The molecule has 4 rings (SSSR count). The molecule has 1 unspecified atom stereocenters. The number of guanidine groups is 1. The highest BCUT2D eigenvalue weighted by molar-refractivity contribution is 14.0. The Kier molecular flexibility index (Phi) is 8.75. The van der Waals surface area contributed by atoms with Gasteiger partial charge in [-0.05, 0) is 48.4 Å². The lowest BCUT2D eigenvalue weighted by molar-refractivity contribution is 0.377. The van der Waals surface area contributed by atoms with Crippen LogP contribution in [-0.4, -0.2) is 54.8 Å². The highest BCUT2D eigenvalue weighted by Crippen LogP contribution is 2.28. The van der Waals surface area contributed by atoms with E-state index in [2.05, 4.69) is 37.5 Å². The summed E-state index contributed by atoms with van der Waals surface area (Å²) >= 11 is 5.93. The van der Waals surface area contributed by atoms with Gasteiger partial charge < -0.3 is 19.5 Å². The van der Waals surface area contributed by atoms with Crippen LogP contribution in [0.1, 0.15) is 23.8 Å². The van der Waals surface area contributed by atoms with Crippen LogP contribution in [0.3, 0.4) is 0 Å². The second-order valence-corrected chi connectivity index (χ2v) is 7.88. The quantitative estimate of drug-likeness (QED) is 0.266. The Morgan fingerprint density at radius 2 is 1.97 bits per heavy atom. The predicted octanol–water partition coefficient (Wildman–Crippen LogP) is 4.62. The van der Waals surface area contributed by atoms with Gasteiger partial charge in [0.2, 0.25) is 11.7 Å². The summed E-state index contributed by atoms with van der Waals surface area (Å²) in [6, 6.07) is 15.7. The molecule has 7 nitrogen and oxygen atoms in total. The highest BCUT2D eigenvalue weighted by atomic mass is 127. The summed E-state index contributed by atoms with van der Waals surface area (Å²) in [4.78, 5) is 11.2. The molecule has 1 saturated heterocycles. The van der Waals surface area contributed by atoms with E-state index in [-0.39, 0.29) is 24.0 Å². The molecular formula is C23H27ClIN5O2. The van der Waals surface area contributed by atoms with Gasteiger partial charge in [0.1, 0.15) is 5.75 Å². The third-order valence-electron chi connectivity index (χ3n) is 5.48. The molecule has 0 aliphatic carbocycles. The molecule has 1 atom stereocenters. The lowest BCUT2D eigenvalue weighted by atomic mass is 9.98. The maximum absolute atomic E-state index is 5.93. The lowest BCUT2D eigenvalue weighted by Gasteiger charge is -2.21. The summed E-state index contributed by atoms with van der Waals surface area (Å²) in [6.45, 7) is 2.57. The molecule has 2 heterocycles. The van der Waals surface area contributed by atoms with Gasteiger partial charge in [-0.2, -0.15) is 4.98 Å². The number of likely N-dealkylation sites (tertiary alicyclic amines) is 1. The predicted molar refractivity (Wildman–Crippen MR) is 137 cm³/mol. The Morgan fingerprint density at radius 3 is 2.66 bits per heavy atom. The van der Waals surface area contributed by atoms with Gasteiger partial charge in [0, 0.05) is 49.6 Å². The Balaban J connectivity index is 0.00000289. The van der Waals surface area contributed by atoms with E-state index in [1.54, 1.807) is 7.11 Å². The van der Waals surface area contributed by atoms with Crippen molar-refractivity contribution in [3.8, 4) is 17.1 Å². The highest BCUT2D eigenvalue weighted by Gasteiger charge is 2.26. The van der Waals surface area contributed by atoms with Crippen molar-refractivity contribution in [1.82, 2.24) is 20.4 Å². The van der Waals surface area contributed by atoms with E-state index in [4.69, 9.17) is 20.9 Å². The molecule has 0 saturated carbocycles. The molecule has 1 aliphatic heterocycles. The zero-order chi connectivity index (χ0) is 21.6. The van der Waals surface area contributed by atoms with E-state index < -0.39 is 0 Å². The number of ether oxygens (including phenoxy) is 1. The maximum atomic E-state index is 5.93. The van der Waals surface area contributed by atoms with Crippen molar-refractivity contribution in [2.75, 3.05) is 33.8 Å². The first-order valence-corrected chi connectivity index (χ1v) is 10.7. The molecule has 1 aliphatic rings. The maximum Gasteiger partial charge on any atom is 0.228 e. The molecule has 2 aromatic carbocycles. The van der Waals surface area contributed by atoms with Gasteiger partial charge >= 0.3 is 0 Å². The third-order valence-corrected chi connectivity index (χ3v) is 5.73. The molecular weight excluding hydrogens is 541 g/mol. The van der Waals surface area contributed by atoms with Gasteiger partial charge in [0.15, 0.2) is 5.96 Å². The van der Waals surface area contributed by atoms with Crippen molar-refractivity contribution in [2.45, 2.75) is 18.8 Å². The molecule has 0 amide bonds. The minimum Gasteiger partial charge on any atom is -0.497 e. The van der Waals surface area contributed by atoms with Gasteiger partial charge in [-0.3, -0.25) is 4.99 Å². The van der Waals surface area contributed by atoms with Crippen molar-refractivity contribution in [3.05, 3.63) is 65.0 Å². The number of benzene rings is 2. The van der Waals surface area contributed by atoms with Crippen molar-refractivity contribution in [3.63, 3.8) is 0 Å². The van der Waals surface area contributed by atoms with Crippen LogP contribution in [0, 0.1) is 0 Å². The fourth-order valence-corrected chi connectivity index (χ4v) is 3.91. The minimum absolute atomic E-state index is 0. The molecule has 3 aromatic rings. The van der Waals surface area contributed by atoms with Crippen molar-refractivity contribution >= 4 is 41.5 Å². The first-order valence-electron chi connectivity index (χ1n) is 10.3. The second-order valence-electron chi connectivity index (χ2n) is 7.45. The zero-order valence-corrected chi connectivity index (χ0v) is 21.2. The van der Waals surface area contributed by atoms with Crippen LogP contribution < -0.4 is 10.1 Å². The van der Waals surface area contributed by atoms with Crippen LogP contribution >= 0.6 is 35.6 Å². The van der Waals surface area contributed by atoms with Crippen LogP contribution in [0.4, 0.5) is 0 Å². The fourth-order valence-electron chi connectivity index (χ4n) is 3.79. The first kappa shape index (κ1) is 24.3. The summed E-state index contributed by atoms with van der Waals surface area (Å²) in [5, 5.41) is 8.16. The summed E-state index contributed by atoms with van der Waals surface area (Å²) in [6.07, 6.45) is 1.72. The zero-order valence-electron chi connectivity index (χ0n) is 18.1. The number of aromatic nitrogens is 2. The average molecular weight is 568 g/mol. The lowest BCUT2D eigenvalue weighted by Crippen LogP contribution is -2.40. The molecule has 0 bridgehead atoms. The third kappa shape index (κ3) is 5.92. The van der Waals surface area contributed by atoms with Crippen LogP contribution in [0.15, 0.2) is 58.0 Å². The van der Waals surface area contributed by atoms with Crippen molar-refractivity contribution < 1.29 is 9.26 Å². The largest absolute Gasteiger partial charge is 0.497 e. The number of hydrogen-bond donors (Lipinski definition) is 1. The van der Waals surface area contributed by atoms with E-state index in [0.29, 0.717) is 35.6 Å². The summed E-state index contributed by atoms with van der Waals surface area (Å²) < 4.78 is 10.6. The minimum atomic E-state index is 0. The van der Waals surface area contributed by atoms with Gasteiger partial charge in [0.25, 0.3) is 0 Å². The smallest absolute Gasteiger partial charge is 0.228 e. The van der Waals surface area contributed by atoms with Crippen molar-refractivity contribution in [1.29, 1.82) is 0 Å².